The summed E-state index contributed by atoms with van der Waals surface area (Å²) in [6.07, 6.45) is -4.33. The Morgan fingerprint density at radius 3 is 1.68 bits per heavy atom. The molecule has 2 aromatic rings. The molecule has 0 aliphatic carbocycles. The Balaban J connectivity index is 2.79. The van der Waals surface area contributed by atoms with Gasteiger partial charge < -0.3 is 0 Å². The van der Waals surface area contributed by atoms with E-state index in [-0.39, 0.29) is 10.3 Å². The molecule has 2 aromatic carbocycles. The van der Waals surface area contributed by atoms with E-state index in [0.29, 0.717) is 0 Å². The van der Waals surface area contributed by atoms with Crippen LogP contribution in [0.3, 0.4) is 0 Å². The highest BCUT2D eigenvalue weighted by molar-refractivity contribution is 7.68. The first-order valence-electron chi connectivity index (χ1n) is 8.39. The van der Waals surface area contributed by atoms with Crippen LogP contribution in [0.1, 0.15) is 47.1 Å². The van der Waals surface area contributed by atoms with Gasteiger partial charge in [-0.3, -0.25) is 0 Å². The monoisotopic (exact) mass is 366 g/mol. The van der Waals surface area contributed by atoms with Gasteiger partial charge in [-0.15, -0.1) is 0 Å². The van der Waals surface area contributed by atoms with Gasteiger partial charge in [0.1, 0.15) is 0 Å². The summed E-state index contributed by atoms with van der Waals surface area (Å²) < 4.78 is 40.1. The summed E-state index contributed by atoms with van der Waals surface area (Å²) in [4.78, 5) is 0. The molecule has 0 fully saturated rings. The van der Waals surface area contributed by atoms with Crippen molar-refractivity contribution in [2.45, 2.75) is 58.0 Å². The minimum Gasteiger partial charge on any atom is -0.166 e. The van der Waals surface area contributed by atoms with E-state index in [9.17, 15) is 13.2 Å². The van der Waals surface area contributed by atoms with E-state index in [1.165, 1.54) is 12.1 Å². The maximum atomic E-state index is 13.4. The van der Waals surface area contributed by atoms with E-state index in [0.717, 1.165) is 16.4 Å². The van der Waals surface area contributed by atoms with Crippen molar-refractivity contribution in [3.8, 4) is 11.1 Å². The van der Waals surface area contributed by atoms with Gasteiger partial charge in [0.2, 0.25) is 0 Å². The van der Waals surface area contributed by atoms with E-state index in [1.807, 2.05) is 30.3 Å². The van der Waals surface area contributed by atoms with Gasteiger partial charge in [-0.2, -0.15) is 13.2 Å². The van der Waals surface area contributed by atoms with Crippen LogP contribution in [-0.2, 0) is 6.18 Å². The Kier molecular flexibility index (Phi) is 5.40. The molecule has 0 bridgehead atoms. The third-order valence-electron chi connectivity index (χ3n) is 3.99. The van der Waals surface area contributed by atoms with E-state index in [4.69, 9.17) is 0 Å². The molecule has 136 valence electrons. The first kappa shape index (κ1) is 20.0. The average molecular weight is 366 g/mol. The van der Waals surface area contributed by atoms with Crippen LogP contribution in [-0.4, -0.2) is 10.3 Å². The zero-order valence-corrected chi connectivity index (χ0v) is 16.6. The molecule has 0 N–H and O–H groups in total. The molecule has 0 spiro atoms. The van der Waals surface area contributed by atoms with Gasteiger partial charge in [0.25, 0.3) is 0 Å². The fourth-order valence-electron chi connectivity index (χ4n) is 3.48. The van der Waals surface area contributed by atoms with Crippen molar-refractivity contribution in [3.63, 3.8) is 0 Å². The molecular weight excluding hydrogens is 340 g/mol. The quantitative estimate of drug-likeness (QED) is 0.498. The molecule has 0 heterocycles. The minimum atomic E-state index is -4.33. The lowest BCUT2D eigenvalue weighted by Gasteiger charge is -2.43. The van der Waals surface area contributed by atoms with Gasteiger partial charge in [-0.25, -0.2) is 0 Å². The van der Waals surface area contributed by atoms with Crippen LogP contribution in [0.2, 0.25) is 0 Å². The fourth-order valence-corrected chi connectivity index (χ4v) is 7.65. The second-order valence-electron chi connectivity index (χ2n) is 8.27. The fraction of sp³-hybridized carbons (Fsp3) is 0.429. The van der Waals surface area contributed by atoms with Gasteiger partial charge in [-0.05, 0) is 38.9 Å². The smallest absolute Gasteiger partial charge is 0.166 e. The van der Waals surface area contributed by atoms with Crippen LogP contribution < -0.4 is 5.30 Å². The molecule has 0 nitrogen and oxygen atoms in total. The van der Waals surface area contributed by atoms with Gasteiger partial charge in [-0.1, -0.05) is 85.9 Å². The van der Waals surface area contributed by atoms with Crippen LogP contribution in [0, 0.1) is 0 Å². The molecule has 0 aliphatic heterocycles. The SMILES string of the molecule is CC(C)(C)P(c1cc(C(F)(F)F)ccc1-c1ccccc1)C(C)(C)C. The molecule has 0 saturated heterocycles. The lowest BCUT2D eigenvalue weighted by atomic mass is 10.0. The Labute approximate surface area is 150 Å². The Morgan fingerprint density at radius 2 is 1.24 bits per heavy atom. The molecule has 0 atom stereocenters. The predicted octanol–water partition coefficient (Wildman–Crippen LogP) is 7.08. The van der Waals surface area contributed by atoms with Gasteiger partial charge in [0, 0.05) is 0 Å². The highest BCUT2D eigenvalue weighted by atomic mass is 31.1. The van der Waals surface area contributed by atoms with Gasteiger partial charge in [0.15, 0.2) is 0 Å². The summed E-state index contributed by atoms with van der Waals surface area (Å²) in [7, 11) is -0.846. The topological polar surface area (TPSA) is 0 Å². The predicted molar refractivity (Wildman–Crippen MR) is 103 cm³/mol. The van der Waals surface area contributed by atoms with Crippen molar-refractivity contribution in [2.24, 2.45) is 0 Å². The molecule has 0 amide bonds. The Morgan fingerprint density at radius 1 is 0.720 bits per heavy atom. The standard InChI is InChI=1S/C21H26F3P/c1-19(2,3)25(20(4,5)6)18-14-16(21(22,23)24)12-13-17(18)15-10-8-7-9-11-15/h7-14H,1-6H3. The molecular formula is C21H26F3P. The largest absolute Gasteiger partial charge is 0.416 e. The molecule has 0 saturated carbocycles. The van der Waals surface area contributed by atoms with Crippen LogP contribution in [0.5, 0.6) is 0 Å². The zero-order chi connectivity index (χ0) is 19.0. The van der Waals surface area contributed by atoms with Crippen molar-refractivity contribution >= 4 is 13.2 Å². The first-order valence-corrected chi connectivity index (χ1v) is 9.73. The third kappa shape index (κ3) is 4.64. The number of alkyl halides is 3. The third-order valence-corrected chi connectivity index (χ3v) is 7.53. The number of rotatable bonds is 2. The van der Waals surface area contributed by atoms with Crippen molar-refractivity contribution in [1.29, 1.82) is 0 Å². The average Bonchev–Trinajstić information content (AvgIpc) is 2.44. The van der Waals surface area contributed by atoms with Crippen molar-refractivity contribution in [1.82, 2.24) is 0 Å². The lowest BCUT2D eigenvalue weighted by molar-refractivity contribution is -0.137. The van der Waals surface area contributed by atoms with E-state index in [1.54, 1.807) is 6.07 Å². The molecule has 0 radical (unpaired) electrons. The maximum Gasteiger partial charge on any atom is 0.416 e. The minimum absolute atomic E-state index is 0.110. The number of benzene rings is 2. The molecule has 0 unspecified atom stereocenters. The van der Waals surface area contributed by atoms with Crippen molar-refractivity contribution in [2.75, 3.05) is 0 Å². The van der Waals surface area contributed by atoms with Crippen molar-refractivity contribution in [3.05, 3.63) is 54.1 Å². The summed E-state index contributed by atoms with van der Waals surface area (Å²) in [5.41, 5.74) is 1.31. The highest BCUT2D eigenvalue weighted by Crippen LogP contribution is 2.59. The van der Waals surface area contributed by atoms with Gasteiger partial charge in [0.05, 0.1) is 5.56 Å². The normalized spacial score (nSPS) is 13.4. The molecule has 25 heavy (non-hydrogen) atoms. The maximum absolute atomic E-state index is 13.4. The molecule has 4 heteroatoms. The van der Waals surface area contributed by atoms with E-state index in [2.05, 4.69) is 41.5 Å². The van der Waals surface area contributed by atoms with Crippen LogP contribution in [0.25, 0.3) is 11.1 Å². The Bertz CT molecular complexity index is 706. The number of hydrogen-bond donors (Lipinski definition) is 0. The first-order chi connectivity index (χ1) is 11.3. The summed E-state index contributed by atoms with van der Waals surface area (Å²) in [5.74, 6) is 0. The summed E-state index contributed by atoms with van der Waals surface area (Å²) >= 11 is 0. The second kappa shape index (κ2) is 6.76. The summed E-state index contributed by atoms with van der Waals surface area (Å²) in [6, 6.07) is 13.9. The van der Waals surface area contributed by atoms with E-state index >= 15 is 0 Å². The number of halogens is 3. The second-order valence-corrected chi connectivity index (χ2v) is 12.1. The number of hydrogen-bond acceptors (Lipinski definition) is 0. The van der Waals surface area contributed by atoms with Gasteiger partial charge >= 0.3 is 6.18 Å². The molecule has 2 rings (SSSR count). The van der Waals surface area contributed by atoms with Crippen LogP contribution in [0.4, 0.5) is 13.2 Å². The molecule has 0 aromatic heterocycles. The molecule has 0 aliphatic rings. The van der Waals surface area contributed by atoms with Crippen LogP contribution in [0.15, 0.2) is 48.5 Å². The lowest BCUT2D eigenvalue weighted by Crippen LogP contribution is -2.32. The summed E-state index contributed by atoms with van der Waals surface area (Å²) in [5, 5.41) is 0.610. The highest BCUT2D eigenvalue weighted by Gasteiger charge is 2.39. The Hall–Kier alpha value is -1.34. The van der Waals surface area contributed by atoms with Crippen molar-refractivity contribution < 1.29 is 13.2 Å². The summed E-state index contributed by atoms with van der Waals surface area (Å²) in [6.45, 7) is 12.7. The zero-order valence-electron chi connectivity index (χ0n) is 15.7. The van der Waals surface area contributed by atoms with E-state index < -0.39 is 19.7 Å². The van der Waals surface area contributed by atoms with Crippen LogP contribution >= 0.6 is 7.92 Å².